The lowest BCUT2D eigenvalue weighted by molar-refractivity contribution is 0.571. The average molecular weight is 340 g/mol. The van der Waals surface area contributed by atoms with Gasteiger partial charge in [-0.25, -0.2) is 8.78 Å². The molecule has 0 fully saturated rings. The third kappa shape index (κ3) is 2.91. The Labute approximate surface area is 126 Å². The maximum Gasteiger partial charge on any atom is 0.128 e. The van der Waals surface area contributed by atoms with Gasteiger partial charge in [-0.1, -0.05) is 15.9 Å². The molecule has 4 heteroatoms. The van der Waals surface area contributed by atoms with Gasteiger partial charge in [0.15, 0.2) is 0 Å². The molecule has 0 saturated heterocycles. The number of benzene rings is 2. The second kappa shape index (κ2) is 6.02. The van der Waals surface area contributed by atoms with Gasteiger partial charge in [-0.2, -0.15) is 0 Å². The topological polar surface area (TPSA) is 12.0 Å². The maximum absolute atomic E-state index is 14.1. The van der Waals surface area contributed by atoms with Crippen molar-refractivity contribution in [3.8, 4) is 0 Å². The van der Waals surface area contributed by atoms with Crippen LogP contribution in [0.1, 0.15) is 28.3 Å². The summed E-state index contributed by atoms with van der Waals surface area (Å²) in [6.45, 7) is 3.68. The molecule has 0 bridgehead atoms. The molecule has 1 nitrogen and oxygen atoms in total. The largest absolute Gasteiger partial charge is 0.309 e. The molecule has 0 radical (unpaired) electrons. The van der Waals surface area contributed by atoms with Gasteiger partial charge in [-0.15, -0.1) is 0 Å². The van der Waals surface area contributed by atoms with Crippen molar-refractivity contribution in [3.63, 3.8) is 0 Å². The van der Waals surface area contributed by atoms with Gasteiger partial charge in [0.25, 0.3) is 0 Å². The van der Waals surface area contributed by atoms with Gasteiger partial charge in [0.05, 0.1) is 6.04 Å². The summed E-state index contributed by atoms with van der Waals surface area (Å²) in [5.41, 5.74) is 3.06. The molecule has 0 amide bonds. The van der Waals surface area contributed by atoms with Crippen LogP contribution >= 0.6 is 15.9 Å². The van der Waals surface area contributed by atoms with Gasteiger partial charge in [-0.3, -0.25) is 0 Å². The van der Waals surface area contributed by atoms with Crippen LogP contribution in [0.25, 0.3) is 0 Å². The molecular formula is C16H16BrF2N. The fourth-order valence-corrected chi connectivity index (χ4v) is 2.95. The van der Waals surface area contributed by atoms with E-state index in [1.165, 1.54) is 18.2 Å². The Hall–Kier alpha value is -1.26. The van der Waals surface area contributed by atoms with E-state index in [9.17, 15) is 8.78 Å². The van der Waals surface area contributed by atoms with Crippen molar-refractivity contribution in [1.29, 1.82) is 0 Å². The number of halogens is 3. The van der Waals surface area contributed by atoms with Gasteiger partial charge in [-0.05, 0) is 67.9 Å². The predicted molar refractivity (Wildman–Crippen MR) is 80.9 cm³/mol. The minimum Gasteiger partial charge on any atom is -0.309 e. The summed E-state index contributed by atoms with van der Waals surface area (Å²) >= 11 is 3.36. The number of hydrogen-bond donors (Lipinski definition) is 1. The zero-order chi connectivity index (χ0) is 14.9. The first kappa shape index (κ1) is 15.1. The van der Waals surface area contributed by atoms with E-state index in [0.717, 1.165) is 21.2 Å². The van der Waals surface area contributed by atoms with Crippen LogP contribution in [0, 0.1) is 25.5 Å². The van der Waals surface area contributed by atoms with Gasteiger partial charge < -0.3 is 5.32 Å². The zero-order valence-corrected chi connectivity index (χ0v) is 13.2. The highest BCUT2D eigenvalue weighted by Gasteiger charge is 2.20. The van der Waals surface area contributed by atoms with E-state index in [0.29, 0.717) is 5.56 Å². The molecule has 2 aromatic carbocycles. The summed E-state index contributed by atoms with van der Waals surface area (Å²) in [6.07, 6.45) is 0. The van der Waals surface area contributed by atoms with Gasteiger partial charge >= 0.3 is 0 Å². The monoisotopic (exact) mass is 339 g/mol. The summed E-state index contributed by atoms with van der Waals surface area (Å²) in [5.74, 6) is -0.552. The normalized spacial score (nSPS) is 12.5. The van der Waals surface area contributed by atoms with Gasteiger partial charge in [0, 0.05) is 10.0 Å². The van der Waals surface area contributed by atoms with Crippen LogP contribution in [0.4, 0.5) is 8.78 Å². The highest BCUT2D eigenvalue weighted by Crippen LogP contribution is 2.31. The number of rotatable bonds is 3. The van der Waals surface area contributed by atoms with Crippen LogP contribution in [-0.2, 0) is 0 Å². The molecule has 106 valence electrons. The summed E-state index contributed by atoms with van der Waals surface area (Å²) < 4.78 is 28.3. The lowest BCUT2D eigenvalue weighted by Crippen LogP contribution is -2.21. The zero-order valence-electron chi connectivity index (χ0n) is 11.6. The van der Waals surface area contributed by atoms with Crippen LogP contribution < -0.4 is 5.32 Å². The SMILES string of the molecule is CNC(c1cc(Br)ccc1F)c1c(C)cc(F)cc1C. The Balaban J connectivity index is 2.61. The quantitative estimate of drug-likeness (QED) is 0.857. The molecule has 2 rings (SSSR count). The third-order valence-electron chi connectivity index (χ3n) is 3.40. The van der Waals surface area contributed by atoms with E-state index in [1.807, 2.05) is 13.8 Å². The minimum atomic E-state index is -0.312. The highest BCUT2D eigenvalue weighted by molar-refractivity contribution is 9.10. The smallest absolute Gasteiger partial charge is 0.128 e. The van der Waals surface area contributed by atoms with Crippen molar-refractivity contribution < 1.29 is 8.78 Å². The Morgan fingerprint density at radius 3 is 2.20 bits per heavy atom. The van der Waals surface area contributed by atoms with Crippen LogP contribution in [0.2, 0.25) is 0 Å². The first-order valence-corrected chi connectivity index (χ1v) is 7.12. The lowest BCUT2D eigenvalue weighted by atomic mass is 9.91. The van der Waals surface area contributed by atoms with Crippen molar-refractivity contribution in [2.24, 2.45) is 0 Å². The third-order valence-corrected chi connectivity index (χ3v) is 3.90. The standard InChI is InChI=1S/C16H16BrF2N/c1-9-6-12(18)7-10(2)15(9)16(20-3)13-8-11(17)4-5-14(13)19/h4-8,16,20H,1-3H3. The highest BCUT2D eigenvalue weighted by atomic mass is 79.9. The molecule has 0 spiro atoms. The molecule has 1 N–H and O–H groups in total. The van der Waals surface area contributed by atoms with Crippen molar-refractivity contribution in [2.75, 3.05) is 7.05 Å². The average Bonchev–Trinajstić information content (AvgIpc) is 2.37. The molecule has 0 saturated carbocycles. The van der Waals surface area contributed by atoms with Crippen molar-refractivity contribution in [2.45, 2.75) is 19.9 Å². The first-order chi connectivity index (χ1) is 9.43. The van der Waals surface area contributed by atoms with Crippen molar-refractivity contribution in [1.82, 2.24) is 5.32 Å². The molecule has 0 aliphatic rings. The minimum absolute atomic E-state index is 0.270. The van der Waals surface area contributed by atoms with E-state index in [-0.39, 0.29) is 17.7 Å². The number of hydrogen-bond acceptors (Lipinski definition) is 1. The molecular weight excluding hydrogens is 324 g/mol. The van der Waals surface area contributed by atoms with E-state index in [2.05, 4.69) is 21.2 Å². The summed E-state index contributed by atoms with van der Waals surface area (Å²) in [6, 6.07) is 7.48. The van der Waals surface area contributed by atoms with Crippen LogP contribution in [0.5, 0.6) is 0 Å². The van der Waals surface area contributed by atoms with Crippen molar-refractivity contribution >= 4 is 15.9 Å². The Morgan fingerprint density at radius 2 is 1.65 bits per heavy atom. The second-order valence-corrected chi connectivity index (χ2v) is 5.76. The molecule has 20 heavy (non-hydrogen) atoms. The molecule has 0 heterocycles. The maximum atomic E-state index is 14.1. The van der Waals surface area contributed by atoms with E-state index < -0.39 is 0 Å². The number of aryl methyl sites for hydroxylation is 2. The first-order valence-electron chi connectivity index (χ1n) is 6.33. The van der Waals surface area contributed by atoms with E-state index >= 15 is 0 Å². The Bertz CT molecular complexity index is 617. The molecule has 2 aromatic rings. The molecule has 0 aliphatic carbocycles. The molecule has 0 aromatic heterocycles. The summed E-state index contributed by atoms with van der Waals surface area (Å²) in [5, 5.41) is 3.12. The summed E-state index contributed by atoms with van der Waals surface area (Å²) in [7, 11) is 1.77. The lowest BCUT2D eigenvalue weighted by Gasteiger charge is -2.22. The van der Waals surface area contributed by atoms with E-state index in [1.54, 1.807) is 19.2 Å². The Morgan fingerprint density at radius 1 is 1.05 bits per heavy atom. The van der Waals surface area contributed by atoms with E-state index in [4.69, 9.17) is 0 Å². The van der Waals surface area contributed by atoms with Crippen LogP contribution in [0.3, 0.4) is 0 Å². The van der Waals surface area contributed by atoms with Crippen LogP contribution in [0.15, 0.2) is 34.8 Å². The van der Waals surface area contributed by atoms with Gasteiger partial charge in [0.2, 0.25) is 0 Å². The number of nitrogens with one attached hydrogen (secondary N) is 1. The fourth-order valence-electron chi connectivity index (χ4n) is 2.57. The molecule has 0 aliphatic heterocycles. The van der Waals surface area contributed by atoms with Crippen molar-refractivity contribution in [3.05, 3.63) is 68.7 Å². The Kier molecular flexibility index (Phi) is 4.55. The molecule has 1 atom stereocenters. The van der Waals surface area contributed by atoms with Crippen LogP contribution in [-0.4, -0.2) is 7.05 Å². The van der Waals surface area contributed by atoms with Gasteiger partial charge in [0.1, 0.15) is 11.6 Å². The second-order valence-electron chi connectivity index (χ2n) is 4.84. The predicted octanol–water partition coefficient (Wildman–Crippen LogP) is 4.65. The molecule has 1 unspecified atom stereocenters. The fraction of sp³-hybridized carbons (Fsp3) is 0.250. The summed E-state index contributed by atoms with van der Waals surface area (Å²) in [4.78, 5) is 0.